The third-order valence-corrected chi connectivity index (χ3v) is 4.92. The molecule has 1 heterocycles. The Labute approximate surface area is 135 Å². The van der Waals surface area contributed by atoms with Crippen LogP contribution in [0.25, 0.3) is 0 Å². The van der Waals surface area contributed by atoms with Crippen molar-refractivity contribution >= 4 is 6.09 Å². The van der Waals surface area contributed by atoms with Crippen molar-refractivity contribution in [3.05, 3.63) is 24.8 Å². The molecule has 2 unspecified atom stereocenters. The van der Waals surface area contributed by atoms with E-state index in [1.807, 2.05) is 31.7 Å². The molecule has 124 valence electrons. The highest BCUT2D eigenvalue weighted by Crippen LogP contribution is 2.46. The maximum Gasteiger partial charge on any atom is 0.410 e. The minimum Gasteiger partial charge on any atom is -0.444 e. The Balaban J connectivity index is 2.27. The zero-order chi connectivity index (χ0) is 16.2. The van der Waals surface area contributed by atoms with Crippen molar-refractivity contribution in [3.63, 3.8) is 0 Å². The quantitative estimate of drug-likeness (QED) is 0.666. The van der Waals surface area contributed by atoms with E-state index in [4.69, 9.17) is 4.74 Å². The summed E-state index contributed by atoms with van der Waals surface area (Å²) >= 11 is 0. The van der Waals surface area contributed by atoms with Gasteiger partial charge in [0.2, 0.25) is 0 Å². The summed E-state index contributed by atoms with van der Waals surface area (Å²) in [5.41, 5.74) is -0.238. The van der Waals surface area contributed by atoms with Gasteiger partial charge in [0.25, 0.3) is 0 Å². The first-order chi connectivity index (χ1) is 10.4. The second kappa shape index (κ2) is 6.89. The lowest BCUT2D eigenvalue weighted by Gasteiger charge is -2.45. The van der Waals surface area contributed by atoms with Gasteiger partial charge in [0.1, 0.15) is 5.60 Å². The molecule has 1 aliphatic carbocycles. The van der Waals surface area contributed by atoms with Gasteiger partial charge in [-0.05, 0) is 64.7 Å². The number of likely N-dealkylation sites (tertiary alicyclic amines) is 1. The van der Waals surface area contributed by atoms with Gasteiger partial charge in [-0.15, -0.1) is 6.58 Å². The molecule has 0 aromatic rings. The smallest absolute Gasteiger partial charge is 0.410 e. The van der Waals surface area contributed by atoms with Gasteiger partial charge < -0.3 is 9.64 Å². The van der Waals surface area contributed by atoms with Crippen LogP contribution in [0.15, 0.2) is 24.8 Å². The molecule has 2 aliphatic rings. The third-order valence-electron chi connectivity index (χ3n) is 4.92. The molecule has 1 spiro atoms. The van der Waals surface area contributed by atoms with Crippen molar-refractivity contribution < 1.29 is 9.53 Å². The monoisotopic (exact) mass is 305 g/mol. The van der Waals surface area contributed by atoms with E-state index >= 15 is 0 Å². The first-order valence-corrected chi connectivity index (χ1v) is 8.63. The molecule has 0 aromatic carbocycles. The standard InChI is InChI=1S/C19H31NO2/c1-5-11-16-19(12-7-6-8-13-19)14-9-10-15-20(16)17(21)22-18(2,3)4/h5-7,16H,1,8-15H2,2-4H3. The molecule has 3 nitrogen and oxygen atoms in total. The molecule has 0 aromatic heterocycles. The molecular weight excluding hydrogens is 274 g/mol. The largest absolute Gasteiger partial charge is 0.444 e. The highest BCUT2D eigenvalue weighted by molar-refractivity contribution is 5.68. The number of rotatable bonds is 2. The predicted octanol–water partition coefficient (Wildman–Crippen LogP) is 5.08. The number of allylic oxidation sites excluding steroid dienone is 2. The molecule has 1 saturated heterocycles. The van der Waals surface area contributed by atoms with Gasteiger partial charge in [-0.3, -0.25) is 0 Å². The topological polar surface area (TPSA) is 29.5 Å². The molecule has 2 rings (SSSR count). The second-order valence-electron chi connectivity index (χ2n) is 7.75. The molecular formula is C19H31NO2. The predicted molar refractivity (Wildman–Crippen MR) is 90.8 cm³/mol. The van der Waals surface area contributed by atoms with Crippen LogP contribution in [0, 0.1) is 5.41 Å². The first-order valence-electron chi connectivity index (χ1n) is 8.63. The molecule has 1 aliphatic heterocycles. The molecule has 0 radical (unpaired) electrons. The fourth-order valence-electron chi connectivity index (χ4n) is 3.92. The van der Waals surface area contributed by atoms with Gasteiger partial charge >= 0.3 is 6.09 Å². The Kier molecular flexibility index (Phi) is 5.36. The molecule has 3 heteroatoms. The zero-order valence-corrected chi connectivity index (χ0v) is 14.4. The van der Waals surface area contributed by atoms with Crippen LogP contribution in [0.4, 0.5) is 4.79 Å². The highest BCUT2D eigenvalue weighted by atomic mass is 16.6. The Morgan fingerprint density at radius 3 is 2.73 bits per heavy atom. The van der Waals surface area contributed by atoms with Crippen molar-refractivity contribution in [2.75, 3.05) is 6.54 Å². The summed E-state index contributed by atoms with van der Waals surface area (Å²) < 4.78 is 5.68. The highest BCUT2D eigenvalue weighted by Gasteiger charge is 2.44. The van der Waals surface area contributed by atoms with Crippen LogP contribution in [0.2, 0.25) is 0 Å². The van der Waals surface area contributed by atoms with E-state index < -0.39 is 5.60 Å². The summed E-state index contributed by atoms with van der Waals surface area (Å²) in [6.45, 7) is 10.5. The fraction of sp³-hybridized carbons (Fsp3) is 0.737. The SMILES string of the molecule is C=CCC1N(C(=O)OC(C)(C)C)CCCCC12CC=CCC2. The third kappa shape index (κ3) is 3.93. The Bertz CT molecular complexity index is 435. The van der Waals surface area contributed by atoms with Crippen LogP contribution in [-0.2, 0) is 4.74 Å². The molecule has 0 N–H and O–H groups in total. The number of ether oxygens (including phenoxy) is 1. The van der Waals surface area contributed by atoms with Crippen LogP contribution in [-0.4, -0.2) is 29.2 Å². The molecule has 0 saturated carbocycles. The van der Waals surface area contributed by atoms with Crippen LogP contribution >= 0.6 is 0 Å². The van der Waals surface area contributed by atoms with E-state index in [1.54, 1.807) is 0 Å². The van der Waals surface area contributed by atoms with Gasteiger partial charge in [0.15, 0.2) is 0 Å². The van der Waals surface area contributed by atoms with Gasteiger partial charge in [0, 0.05) is 12.6 Å². The van der Waals surface area contributed by atoms with E-state index in [0.717, 1.165) is 32.2 Å². The van der Waals surface area contributed by atoms with Crippen molar-refractivity contribution in [1.29, 1.82) is 0 Å². The van der Waals surface area contributed by atoms with Crippen LogP contribution in [0.3, 0.4) is 0 Å². The number of carbonyl (C=O) groups excluding carboxylic acids is 1. The number of nitrogens with zero attached hydrogens (tertiary/aromatic N) is 1. The van der Waals surface area contributed by atoms with Crippen LogP contribution in [0.1, 0.15) is 65.7 Å². The van der Waals surface area contributed by atoms with Crippen molar-refractivity contribution in [2.24, 2.45) is 5.41 Å². The van der Waals surface area contributed by atoms with Gasteiger partial charge in [-0.2, -0.15) is 0 Å². The maximum absolute atomic E-state index is 12.7. The summed E-state index contributed by atoms with van der Waals surface area (Å²) in [6.07, 6.45) is 14.1. The van der Waals surface area contributed by atoms with Gasteiger partial charge in [-0.1, -0.05) is 24.6 Å². The maximum atomic E-state index is 12.7. The normalized spacial score (nSPS) is 29.2. The van der Waals surface area contributed by atoms with E-state index in [-0.39, 0.29) is 17.6 Å². The van der Waals surface area contributed by atoms with Crippen molar-refractivity contribution in [2.45, 2.75) is 77.4 Å². The summed E-state index contributed by atoms with van der Waals surface area (Å²) in [6, 6.07) is 0.215. The Morgan fingerprint density at radius 1 is 1.36 bits per heavy atom. The summed E-state index contributed by atoms with van der Waals surface area (Å²) in [7, 11) is 0. The fourth-order valence-corrected chi connectivity index (χ4v) is 3.92. The lowest BCUT2D eigenvalue weighted by Crippen LogP contribution is -2.51. The lowest BCUT2D eigenvalue weighted by atomic mass is 9.67. The molecule has 2 atom stereocenters. The summed E-state index contributed by atoms with van der Waals surface area (Å²) in [4.78, 5) is 14.7. The first kappa shape index (κ1) is 17.1. The van der Waals surface area contributed by atoms with Crippen molar-refractivity contribution in [1.82, 2.24) is 4.90 Å². The molecule has 1 amide bonds. The zero-order valence-electron chi connectivity index (χ0n) is 14.4. The Morgan fingerprint density at radius 2 is 2.14 bits per heavy atom. The molecule has 0 bridgehead atoms. The summed E-state index contributed by atoms with van der Waals surface area (Å²) in [5.74, 6) is 0. The van der Waals surface area contributed by atoms with Crippen molar-refractivity contribution in [3.8, 4) is 0 Å². The molecule has 22 heavy (non-hydrogen) atoms. The molecule has 1 fully saturated rings. The van der Waals surface area contributed by atoms with Gasteiger partial charge in [-0.25, -0.2) is 4.79 Å². The average Bonchev–Trinajstić information content (AvgIpc) is 2.60. The minimum absolute atomic E-state index is 0.157. The summed E-state index contributed by atoms with van der Waals surface area (Å²) in [5, 5.41) is 0. The van der Waals surface area contributed by atoms with E-state index in [0.29, 0.717) is 0 Å². The van der Waals surface area contributed by atoms with Crippen LogP contribution < -0.4 is 0 Å². The minimum atomic E-state index is -0.443. The number of amides is 1. The Hall–Kier alpha value is -1.25. The lowest BCUT2D eigenvalue weighted by molar-refractivity contribution is -0.00316. The van der Waals surface area contributed by atoms with E-state index in [1.165, 1.54) is 19.3 Å². The van der Waals surface area contributed by atoms with Gasteiger partial charge in [0.05, 0.1) is 0 Å². The number of hydrogen-bond acceptors (Lipinski definition) is 2. The van der Waals surface area contributed by atoms with E-state index in [2.05, 4.69) is 18.7 Å². The van der Waals surface area contributed by atoms with E-state index in [9.17, 15) is 4.79 Å². The second-order valence-corrected chi connectivity index (χ2v) is 7.75. The van der Waals surface area contributed by atoms with Crippen LogP contribution in [0.5, 0.6) is 0 Å². The number of hydrogen-bond donors (Lipinski definition) is 0. The number of carbonyl (C=O) groups is 1. The average molecular weight is 305 g/mol.